The molecule has 0 radical (unpaired) electrons. The van der Waals surface area contributed by atoms with E-state index in [2.05, 4.69) is 5.32 Å². The fraction of sp³-hybridized carbons (Fsp3) is 0.529. The van der Waals surface area contributed by atoms with Crippen LogP contribution in [0.4, 0.5) is 10.1 Å². The minimum atomic E-state index is -0.654. The van der Waals surface area contributed by atoms with Crippen molar-refractivity contribution in [3.05, 3.63) is 29.6 Å². The van der Waals surface area contributed by atoms with Crippen LogP contribution in [0.5, 0.6) is 0 Å². The zero-order chi connectivity index (χ0) is 16.6. The van der Waals surface area contributed by atoms with E-state index >= 15 is 0 Å². The Bertz CT molecular complexity index is 620. The normalized spacial score (nSPS) is 29.8. The van der Waals surface area contributed by atoms with Crippen LogP contribution in [0.25, 0.3) is 0 Å². The first kappa shape index (κ1) is 15.9. The molecular weight excluding hydrogens is 297 g/mol. The Morgan fingerprint density at radius 3 is 2.43 bits per heavy atom. The van der Waals surface area contributed by atoms with Gasteiger partial charge in [0.25, 0.3) is 0 Å². The number of fused-ring (bicyclic) bond motifs is 2. The average molecular weight is 319 g/mol. The molecule has 5 N–H and O–H groups in total. The number of hydrogen-bond acceptors (Lipinski definition) is 3. The molecule has 23 heavy (non-hydrogen) atoms. The van der Waals surface area contributed by atoms with E-state index in [1.807, 2.05) is 0 Å². The van der Waals surface area contributed by atoms with Crippen molar-refractivity contribution in [2.45, 2.75) is 38.1 Å². The summed E-state index contributed by atoms with van der Waals surface area (Å²) in [6.07, 6.45) is 4.80. The second-order valence-corrected chi connectivity index (χ2v) is 6.74. The first-order valence-corrected chi connectivity index (χ1v) is 8.11. The minimum absolute atomic E-state index is 0.00586. The van der Waals surface area contributed by atoms with Crippen LogP contribution < -0.4 is 16.8 Å². The molecule has 2 aliphatic rings. The van der Waals surface area contributed by atoms with Crippen molar-refractivity contribution in [2.75, 3.05) is 5.32 Å². The van der Waals surface area contributed by atoms with Gasteiger partial charge < -0.3 is 16.8 Å². The minimum Gasteiger partial charge on any atom is -0.366 e. The SMILES string of the molecule is NC(=O)c1ccc(F)c(NC(=O)C2CC3CCCC(C2)C3N)c1. The van der Waals surface area contributed by atoms with E-state index in [9.17, 15) is 14.0 Å². The quantitative estimate of drug-likeness (QED) is 0.795. The van der Waals surface area contributed by atoms with Crippen LogP contribution in [0.1, 0.15) is 42.5 Å². The standard InChI is InChI=1S/C17H22FN3O2/c18-13-5-4-11(16(20)22)8-14(13)21-17(23)12-6-9-2-1-3-10(7-12)15(9)19/h4-5,8-10,12,15H,1-3,6-7,19H2,(H2,20,22)(H,21,23). The Labute approximate surface area is 134 Å². The van der Waals surface area contributed by atoms with E-state index in [1.165, 1.54) is 18.6 Å². The van der Waals surface area contributed by atoms with E-state index in [4.69, 9.17) is 11.5 Å². The summed E-state index contributed by atoms with van der Waals surface area (Å²) >= 11 is 0. The zero-order valence-corrected chi connectivity index (χ0v) is 12.9. The average Bonchev–Trinajstić information content (AvgIpc) is 2.48. The van der Waals surface area contributed by atoms with E-state index in [0.29, 0.717) is 11.8 Å². The van der Waals surface area contributed by atoms with Crippen molar-refractivity contribution in [2.24, 2.45) is 29.2 Å². The molecule has 3 rings (SSSR count). The summed E-state index contributed by atoms with van der Waals surface area (Å²) in [5.74, 6) is -0.828. The third-order valence-corrected chi connectivity index (χ3v) is 5.29. The first-order valence-electron chi connectivity index (χ1n) is 8.11. The molecule has 2 bridgehead atoms. The van der Waals surface area contributed by atoms with E-state index in [1.54, 1.807) is 0 Å². The third-order valence-electron chi connectivity index (χ3n) is 5.29. The largest absolute Gasteiger partial charge is 0.366 e. The molecule has 2 aliphatic carbocycles. The van der Waals surface area contributed by atoms with Gasteiger partial charge in [0.1, 0.15) is 5.82 Å². The highest BCUT2D eigenvalue weighted by molar-refractivity contribution is 5.97. The Kier molecular flexibility index (Phi) is 4.35. The number of rotatable bonds is 3. The topological polar surface area (TPSA) is 98.2 Å². The molecule has 2 atom stereocenters. The van der Waals surface area contributed by atoms with Crippen LogP contribution in [0.3, 0.4) is 0 Å². The van der Waals surface area contributed by atoms with Gasteiger partial charge in [0.05, 0.1) is 5.69 Å². The number of primary amides is 1. The molecule has 2 amide bonds. The maximum absolute atomic E-state index is 13.9. The highest BCUT2D eigenvalue weighted by atomic mass is 19.1. The molecule has 2 saturated carbocycles. The first-order chi connectivity index (χ1) is 11.0. The maximum atomic E-state index is 13.9. The molecule has 5 nitrogen and oxygen atoms in total. The Morgan fingerprint density at radius 1 is 1.17 bits per heavy atom. The Hall–Kier alpha value is -1.95. The molecule has 0 saturated heterocycles. The van der Waals surface area contributed by atoms with Gasteiger partial charge in [0, 0.05) is 17.5 Å². The predicted molar refractivity (Wildman–Crippen MR) is 85.1 cm³/mol. The summed E-state index contributed by atoms with van der Waals surface area (Å²) < 4.78 is 13.9. The number of hydrogen-bond donors (Lipinski definition) is 3. The molecule has 6 heteroatoms. The predicted octanol–water partition coefficient (Wildman–Crippen LogP) is 2.02. The lowest BCUT2D eigenvalue weighted by Crippen LogP contribution is -2.48. The van der Waals surface area contributed by atoms with Gasteiger partial charge in [-0.1, -0.05) is 6.42 Å². The molecule has 0 heterocycles. The highest BCUT2D eigenvalue weighted by Gasteiger charge is 2.40. The molecular formula is C17H22FN3O2. The fourth-order valence-electron chi connectivity index (χ4n) is 4.01. The molecule has 1 aromatic rings. The van der Waals surface area contributed by atoms with Gasteiger partial charge in [0.15, 0.2) is 0 Å². The summed E-state index contributed by atoms with van der Waals surface area (Å²) in [5, 5.41) is 2.62. The van der Waals surface area contributed by atoms with Crippen LogP contribution in [0.15, 0.2) is 18.2 Å². The van der Waals surface area contributed by atoms with Crippen LogP contribution >= 0.6 is 0 Å². The van der Waals surface area contributed by atoms with Gasteiger partial charge in [-0.15, -0.1) is 0 Å². The van der Waals surface area contributed by atoms with Gasteiger partial charge in [-0.25, -0.2) is 4.39 Å². The summed E-state index contributed by atoms with van der Waals surface area (Å²) in [7, 11) is 0. The van der Waals surface area contributed by atoms with Crippen molar-refractivity contribution in [3.63, 3.8) is 0 Å². The second kappa shape index (κ2) is 6.28. The fourth-order valence-corrected chi connectivity index (χ4v) is 4.01. The monoisotopic (exact) mass is 319 g/mol. The number of benzene rings is 1. The van der Waals surface area contributed by atoms with Crippen LogP contribution in [0.2, 0.25) is 0 Å². The van der Waals surface area contributed by atoms with Crippen molar-refractivity contribution in [1.82, 2.24) is 0 Å². The molecule has 0 spiro atoms. The lowest BCUT2D eigenvalue weighted by molar-refractivity contribution is -0.122. The van der Waals surface area contributed by atoms with E-state index < -0.39 is 11.7 Å². The summed E-state index contributed by atoms with van der Waals surface area (Å²) in [4.78, 5) is 23.7. The number of nitrogens with one attached hydrogen (secondary N) is 1. The van der Waals surface area contributed by atoms with Crippen molar-refractivity contribution < 1.29 is 14.0 Å². The van der Waals surface area contributed by atoms with Gasteiger partial charge >= 0.3 is 0 Å². The van der Waals surface area contributed by atoms with E-state index in [-0.39, 0.29) is 29.1 Å². The number of nitrogens with two attached hydrogens (primary N) is 2. The molecule has 2 fully saturated rings. The lowest BCUT2D eigenvalue weighted by atomic mass is 9.65. The molecule has 0 aliphatic heterocycles. The Morgan fingerprint density at radius 2 is 1.83 bits per heavy atom. The number of halogens is 1. The maximum Gasteiger partial charge on any atom is 0.248 e. The number of carbonyl (C=O) groups excluding carboxylic acids is 2. The van der Waals surface area contributed by atoms with Crippen molar-refractivity contribution in [1.29, 1.82) is 0 Å². The smallest absolute Gasteiger partial charge is 0.248 e. The summed E-state index contributed by atoms with van der Waals surface area (Å²) in [6, 6.07) is 3.91. The van der Waals surface area contributed by atoms with Gasteiger partial charge in [-0.3, -0.25) is 9.59 Å². The van der Waals surface area contributed by atoms with Crippen LogP contribution in [-0.4, -0.2) is 17.9 Å². The number of carbonyl (C=O) groups is 2. The van der Waals surface area contributed by atoms with Gasteiger partial charge in [-0.2, -0.15) is 0 Å². The number of anilines is 1. The zero-order valence-electron chi connectivity index (χ0n) is 12.9. The Balaban J connectivity index is 1.72. The second-order valence-electron chi connectivity index (χ2n) is 6.74. The molecule has 2 unspecified atom stereocenters. The molecule has 124 valence electrons. The molecule has 1 aromatic carbocycles. The summed E-state index contributed by atoms with van der Waals surface area (Å²) in [5.41, 5.74) is 11.6. The van der Waals surface area contributed by atoms with Crippen molar-refractivity contribution in [3.8, 4) is 0 Å². The van der Waals surface area contributed by atoms with Gasteiger partial charge in [0.2, 0.25) is 11.8 Å². The van der Waals surface area contributed by atoms with E-state index in [0.717, 1.165) is 31.7 Å². The van der Waals surface area contributed by atoms with Crippen molar-refractivity contribution >= 4 is 17.5 Å². The highest BCUT2D eigenvalue weighted by Crippen LogP contribution is 2.42. The number of amides is 2. The summed E-state index contributed by atoms with van der Waals surface area (Å²) in [6.45, 7) is 0. The van der Waals surface area contributed by atoms with Gasteiger partial charge in [-0.05, 0) is 55.7 Å². The lowest BCUT2D eigenvalue weighted by Gasteiger charge is -2.43. The third kappa shape index (κ3) is 3.22. The molecule has 0 aromatic heterocycles. The van der Waals surface area contributed by atoms with Crippen LogP contribution in [-0.2, 0) is 4.79 Å². The van der Waals surface area contributed by atoms with Crippen LogP contribution in [0, 0.1) is 23.6 Å².